The number of rotatable bonds is 0. The first-order valence-electron chi connectivity index (χ1n) is 3.58. The fourth-order valence-electron chi connectivity index (χ4n) is 1.01. The first-order valence-corrected chi connectivity index (χ1v) is 3.58. The summed E-state index contributed by atoms with van der Waals surface area (Å²) >= 11 is 0. The minimum atomic E-state index is 0.568. The van der Waals surface area contributed by atoms with E-state index in [1.165, 1.54) is 5.06 Å². The third kappa shape index (κ3) is 0.940. The van der Waals surface area contributed by atoms with Crippen LogP contribution in [0.15, 0.2) is 18.0 Å². The van der Waals surface area contributed by atoms with Gasteiger partial charge in [0.25, 0.3) is 0 Å². The van der Waals surface area contributed by atoms with E-state index in [4.69, 9.17) is 10.6 Å². The van der Waals surface area contributed by atoms with Crippen molar-refractivity contribution in [3.05, 3.63) is 35.6 Å². The Hall–Kier alpha value is -1.82. The molecule has 60 valence electrons. The number of hydrogen-bond acceptors (Lipinski definition) is 3. The van der Waals surface area contributed by atoms with Gasteiger partial charge in [0.05, 0.1) is 5.56 Å². The molecule has 0 aliphatic carbocycles. The van der Waals surface area contributed by atoms with Gasteiger partial charge < -0.3 is 10.6 Å². The normalized spacial score (nSPS) is 14.1. The lowest BCUT2D eigenvalue weighted by atomic mass is 10.2. The van der Waals surface area contributed by atoms with Gasteiger partial charge in [-0.3, -0.25) is 0 Å². The zero-order chi connectivity index (χ0) is 8.55. The quantitative estimate of drug-likeness (QED) is 0.609. The molecule has 0 radical (unpaired) electrons. The van der Waals surface area contributed by atoms with Gasteiger partial charge in [0.2, 0.25) is 0 Å². The van der Waals surface area contributed by atoms with Crippen molar-refractivity contribution in [1.82, 2.24) is 5.06 Å². The maximum absolute atomic E-state index is 5.62. The lowest BCUT2D eigenvalue weighted by molar-refractivity contribution is 0.00174. The Kier molecular flexibility index (Phi) is 1.34. The van der Waals surface area contributed by atoms with E-state index >= 15 is 0 Å². The van der Waals surface area contributed by atoms with Crippen LogP contribution in [-0.2, 0) is 0 Å². The van der Waals surface area contributed by atoms with Gasteiger partial charge in [0.1, 0.15) is 5.82 Å². The van der Waals surface area contributed by atoms with Crippen molar-refractivity contribution >= 4 is 6.08 Å². The Bertz CT molecular complexity index is 333. The zero-order valence-corrected chi connectivity index (χ0v) is 6.66. The highest BCUT2D eigenvalue weighted by molar-refractivity contribution is 5.58. The molecule has 1 aromatic rings. The molecule has 0 saturated heterocycles. The molecule has 0 atom stereocenters. The molecule has 0 amide bonds. The fourth-order valence-corrected chi connectivity index (χ4v) is 1.01. The maximum atomic E-state index is 5.62. The Balaban J connectivity index is 2.49. The summed E-state index contributed by atoms with van der Waals surface area (Å²) in [6.45, 7) is 0. The fraction of sp³-hybridized carbons (Fsp3) is 0.111. The maximum Gasteiger partial charge on any atom is 0.171 e. The molecule has 3 nitrogen and oxygen atoms in total. The summed E-state index contributed by atoms with van der Waals surface area (Å²) in [7, 11) is 1.76. The second-order valence-electron chi connectivity index (χ2n) is 2.54. The van der Waals surface area contributed by atoms with E-state index < -0.39 is 0 Å². The second kappa shape index (κ2) is 2.35. The predicted octanol–water partition coefficient (Wildman–Crippen LogP) is 0.783. The van der Waals surface area contributed by atoms with Gasteiger partial charge in [-0.05, 0) is 12.1 Å². The van der Waals surface area contributed by atoms with E-state index in [2.05, 4.69) is 12.1 Å². The summed E-state index contributed by atoms with van der Waals surface area (Å²) in [4.78, 5) is 5.33. The molecule has 3 heteroatoms. The highest BCUT2D eigenvalue weighted by Gasteiger charge is 2.12. The molecule has 12 heavy (non-hydrogen) atoms. The minimum absolute atomic E-state index is 0.568. The first-order chi connectivity index (χ1) is 5.77. The molecular formula is C9H8N2O. The van der Waals surface area contributed by atoms with Crippen LogP contribution in [0.2, 0.25) is 0 Å². The number of nitrogens with zero attached hydrogens (tertiary/aromatic N) is 1. The monoisotopic (exact) mass is 160 g/mol. The summed E-state index contributed by atoms with van der Waals surface area (Å²) in [6, 6.07) is 9.32. The molecule has 0 saturated carbocycles. The van der Waals surface area contributed by atoms with Crippen molar-refractivity contribution in [3.63, 3.8) is 0 Å². The predicted molar refractivity (Wildman–Crippen MR) is 44.7 cm³/mol. The third-order valence-corrected chi connectivity index (χ3v) is 1.68. The van der Waals surface area contributed by atoms with E-state index in [9.17, 15) is 0 Å². The number of fused-ring (bicyclic) bond motifs is 1. The molecule has 1 aliphatic heterocycles. The van der Waals surface area contributed by atoms with Crippen molar-refractivity contribution in [2.45, 2.75) is 0 Å². The van der Waals surface area contributed by atoms with Crippen LogP contribution in [0.3, 0.4) is 0 Å². The van der Waals surface area contributed by atoms with E-state index in [-0.39, 0.29) is 0 Å². The Morgan fingerprint density at radius 1 is 1.58 bits per heavy atom. The van der Waals surface area contributed by atoms with Crippen molar-refractivity contribution < 1.29 is 4.84 Å². The van der Waals surface area contributed by atoms with Crippen molar-refractivity contribution in [1.29, 1.82) is 0 Å². The topological polar surface area (TPSA) is 38.5 Å². The molecule has 1 aliphatic rings. The van der Waals surface area contributed by atoms with Crippen LogP contribution >= 0.6 is 0 Å². The zero-order valence-electron chi connectivity index (χ0n) is 6.66. The number of hydroxylamine groups is 2. The Morgan fingerprint density at radius 2 is 2.42 bits per heavy atom. The molecule has 0 spiro atoms. The smallest absolute Gasteiger partial charge is 0.171 e. The molecule has 0 aromatic heterocycles. The summed E-state index contributed by atoms with van der Waals surface area (Å²) in [5.41, 5.74) is 6.46. The molecular weight excluding hydrogens is 152 g/mol. The van der Waals surface area contributed by atoms with Gasteiger partial charge >= 0.3 is 0 Å². The standard InChI is InChI=1S/C9H8N2O/c1-11-9(10)6-7-4-2-3-5-8(7)12-11/h3,5-6H,10H2,1H3. The average Bonchev–Trinajstić information content (AvgIpc) is 2.07. The number of nitrogens with two attached hydrogens (primary N) is 1. The summed E-state index contributed by atoms with van der Waals surface area (Å²) in [5.74, 6) is 1.32. The Morgan fingerprint density at radius 3 is 3.25 bits per heavy atom. The van der Waals surface area contributed by atoms with Gasteiger partial charge in [-0.2, -0.15) is 5.06 Å². The van der Waals surface area contributed by atoms with Crippen molar-refractivity contribution in [2.75, 3.05) is 7.05 Å². The first kappa shape index (κ1) is 6.86. The lowest BCUT2D eigenvalue weighted by Crippen LogP contribution is -2.29. The molecule has 2 N–H and O–H groups in total. The van der Waals surface area contributed by atoms with E-state index in [1.54, 1.807) is 19.2 Å². The SMILES string of the molecule is CN1Oc2ccc#cc2C=C1N. The summed E-state index contributed by atoms with van der Waals surface area (Å²) < 4.78 is 0. The molecule has 1 heterocycles. The summed E-state index contributed by atoms with van der Waals surface area (Å²) in [5, 5.41) is 1.51. The van der Waals surface area contributed by atoms with Crippen LogP contribution in [0.5, 0.6) is 5.75 Å². The molecule has 0 unspecified atom stereocenters. The Labute approximate surface area is 71.0 Å². The van der Waals surface area contributed by atoms with E-state index in [0.29, 0.717) is 5.82 Å². The van der Waals surface area contributed by atoms with E-state index in [1.807, 2.05) is 6.07 Å². The van der Waals surface area contributed by atoms with Gasteiger partial charge in [-0.1, -0.05) is 12.1 Å². The van der Waals surface area contributed by atoms with Crippen LogP contribution in [0.25, 0.3) is 6.08 Å². The highest BCUT2D eigenvalue weighted by atomic mass is 16.7. The highest BCUT2D eigenvalue weighted by Crippen LogP contribution is 2.23. The van der Waals surface area contributed by atoms with Crippen LogP contribution in [0, 0.1) is 12.1 Å². The van der Waals surface area contributed by atoms with Gasteiger partial charge in [-0.25, -0.2) is 0 Å². The largest absolute Gasteiger partial charge is 0.383 e. The van der Waals surface area contributed by atoms with Gasteiger partial charge in [0, 0.05) is 13.1 Å². The molecule has 2 rings (SSSR count). The van der Waals surface area contributed by atoms with Crippen molar-refractivity contribution in [3.8, 4) is 5.75 Å². The number of hydrogen-bond donors (Lipinski definition) is 1. The van der Waals surface area contributed by atoms with Crippen LogP contribution in [0.1, 0.15) is 5.56 Å². The minimum Gasteiger partial charge on any atom is -0.383 e. The summed E-state index contributed by atoms with van der Waals surface area (Å²) in [6.07, 6.45) is 1.80. The van der Waals surface area contributed by atoms with Crippen LogP contribution < -0.4 is 10.6 Å². The van der Waals surface area contributed by atoms with Crippen LogP contribution in [0.4, 0.5) is 0 Å². The molecule has 0 fully saturated rings. The molecule has 0 bridgehead atoms. The van der Waals surface area contributed by atoms with Crippen molar-refractivity contribution in [2.24, 2.45) is 5.73 Å². The van der Waals surface area contributed by atoms with Gasteiger partial charge in [-0.15, -0.1) is 0 Å². The van der Waals surface area contributed by atoms with E-state index in [0.717, 1.165) is 11.3 Å². The lowest BCUT2D eigenvalue weighted by Gasteiger charge is -2.23. The second-order valence-corrected chi connectivity index (χ2v) is 2.54. The van der Waals surface area contributed by atoms with Crippen LogP contribution in [-0.4, -0.2) is 12.1 Å². The molecule has 1 aromatic carbocycles. The third-order valence-electron chi connectivity index (χ3n) is 1.68. The average molecular weight is 160 g/mol. The van der Waals surface area contributed by atoms with Gasteiger partial charge in [0.15, 0.2) is 5.75 Å².